The van der Waals surface area contributed by atoms with Crippen molar-refractivity contribution in [1.82, 2.24) is 0 Å². The van der Waals surface area contributed by atoms with Crippen molar-refractivity contribution in [3.05, 3.63) is 63.6 Å². The summed E-state index contributed by atoms with van der Waals surface area (Å²) in [7, 11) is 3.41. The molecule has 0 aliphatic carbocycles. The molecule has 0 spiro atoms. The third-order valence-corrected chi connectivity index (χ3v) is 3.97. The SMILES string of the molecule is COCc1ccc(CNc2cccc(Br)c2COC)cc1. The first-order chi connectivity index (χ1) is 10.2. The normalized spacial score (nSPS) is 10.6. The molecule has 0 atom stereocenters. The lowest BCUT2D eigenvalue weighted by Gasteiger charge is -2.13. The summed E-state index contributed by atoms with van der Waals surface area (Å²) in [4.78, 5) is 0. The highest BCUT2D eigenvalue weighted by atomic mass is 79.9. The maximum absolute atomic E-state index is 5.26. The molecule has 0 amide bonds. The molecule has 0 bridgehead atoms. The second kappa shape index (κ2) is 8.17. The minimum Gasteiger partial charge on any atom is -0.381 e. The third-order valence-electron chi connectivity index (χ3n) is 3.22. The van der Waals surface area contributed by atoms with Crippen molar-refractivity contribution in [3.8, 4) is 0 Å². The molecule has 112 valence electrons. The summed E-state index contributed by atoms with van der Waals surface area (Å²) in [5.74, 6) is 0. The van der Waals surface area contributed by atoms with Crippen LogP contribution in [0.2, 0.25) is 0 Å². The number of rotatable bonds is 7. The van der Waals surface area contributed by atoms with Crippen molar-refractivity contribution in [2.24, 2.45) is 0 Å². The van der Waals surface area contributed by atoms with Crippen molar-refractivity contribution in [2.75, 3.05) is 19.5 Å². The van der Waals surface area contributed by atoms with Crippen LogP contribution in [0.25, 0.3) is 0 Å². The van der Waals surface area contributed by atoms with Gasteiger partial charge in [-0.15, -0.1) is 0 Å². The third kappa shape index (κ3) is 4.56. The lowest BCUT2D eigenvalue weighted by molar-refractivity contribution is 0.185. The van der Waals surface area contributed by atoms with E-state index < -0.39 is 0 Å². The van der Waals surface area contributed by atoms with Gasteiger partial charge in [0.15, 0.2) is 0 Å². The van der Waals surface area contributed by atoms with E-state index in [1.165, 1.54) is 11.1 Å². The van der Waals surface area contributed by atoms with E-state index in [9.17, 15) is 0 Å². The highest BCUT2D eigenvalue weighted by molar-refractivity contribution is 9.10. The van der Waals surface area contributed by atoms with Gasteiger partial charge in [0.1, 0.15) is 0 Å². The topological polar surface area (TPSA) is 30.5 Å². The number of benzene rings is 2. The number of methoxy groups -OCH3 is 2. The van der Waals surface area contributed by atoms with Gasteiger partial charge in [-0.2, -0.15) is 0 Å². The molecule has 2 rings (SSSR count). The number of nitrogens with one attached hydrogen (secondary N) is 1. The molecule has 2 aromatic rings. The van der Waals surface area contributed by atoms with Crippen LogP contribution in [0.3, 0.4) is 0 Å². The Bertz CT molecular complexity index is 570. The smallest absolute Gasteiger partial charge is 0.0744 e. The minimum atomic E-state index is 0.580. The molecule has 0 fully saturated rings. The van der Waals surface area contributed by atoms with Crippen LogP contribution in [-0.2, 0) is 29.2 Å². The van der Waals surface area contributed by atoms with Crippen molar-refractivity contribution in [1.29, 1.82) is 0 Å². The number of hydrogen-bond donors (Lipinski definition) is 1. The molecule has 0 aliphatic rings. The summed E-state index contributed by atoms with van der Waals surface area (Å²) in [5, 5.41) is 3.47. The molecule has 0 aromatic heterocycles. The van der Waals surface area contributed by atoms with Crippen LogP contribution in [0.15, 0.2) is 46.9 Å². The van der Waals surface area contributed by atoms with E-state index in [-0.39, 0.29) is 0 Å². The molecule has 0 aliphatic heterocycles. The van der Waals surface area contributed by atoms with E-state index in [0.717, 1.165) is 22.3 Å². The lowest BCUT2D eigenvalue weighted by Crippen LogP contribution is -2.04. The largest absolute Gasteiger partial charge is 0.381 e. The first-order valence-electron chi connectivity index (χ1n) is 6.81. The number of anilines is 1. The van der Waals surface area contributed by atoms with E-state index in [2.05, 4.69) is 51.6 Å². The second-order valence-corrected chi connectivity index (χ2v) is 5.66. The van der Waals surface area contributed by atoms with Gasteiger partial charge in [0.05, 0.1) is 13.2 Å². The molecular weight excluding hydrogens is 330 g/mol. The fraction of sp³-hybridized carbons (Fsp3) is 0.294. The zero-order chi connectivity index (χ0) is 15.1. The number of ether oxygens (including phenoxy) is 2. The average molecular weight is 350 g/mol. The number of hydrogen-bond acceptors (Lipinski definition) is 3. The van der Waals surface area contributed by atoms with Crippen molar-refractivity contribution >= 4 is 21.6 Å². The molecule has 2 aromatic carbocycles. The molecule has 1 N–H and O–H groups in total. The van der Waals surface area contributed by atoms with E-state index in [4.69, 9.17) is 9.47 Å². The van der Waals surface area contributed by atoms with E-state index in [1.54, 1.807) is 14.2 Å². The van der Waals surface area contributed by atoms with Gasteiger partial charge in [-0.25, -0.2) is 0 Å². The fourth-order valence-corrected chi connectivity index (χ4v) is 2.61. The Kier molecular flexibility index (Phi) is 6.23. The first-order valence-corrected chi connectivity index (χ1v) is 7.61. The monoisotopic (exact) mass is 349 g/mol. The minimum absolute atomic E-state index is 0.580. The van der Waals surface area contributed by atoms with Crippen LogP contribution in [-0.4, -0.2) is 14.2 Å². The predicted molar refractivity (Wildman–Crippen MR) is 89.3 cm³/mol. The lowest BCUT2D eigenvalue weighted by atomic mass is 10.1. The van der Waals surface area contributed by atoms with Crippen LogP contribution in [0.1, 0.15) is 16.7 Å². The molecular formula is C17H20BrNO2. The van der Waals surface area contributed by atoms with Crippen LogP contribution in [0, 0.1) is 0 Å². The van der Waals surface area contributed by atoms with Crippen molar-refractivity contribution < 1.29 is 9.47 Å². The van der Waals surface area contributed by atoms with Gasteiger partial charge in [-0.05, 0) is 23.3 Å². The predicted octanol–water partition coefficient (Wildman–Crippen LogP) is 4.35. The zero-order valence-electron chi connectivity index (χ0n) is 12.4. The van der Waals surface area contributed by atoms with Crippen LogP contribution in [0.5, 0.6) is 0 Å². The van der Waals surface area contributed by atoms with Crippen LogP contribution < -0.4 is 5.32 Å². The van der Waals surface area contributed by atoms with Gasteiger partial charge in [-0.3, -0.25) is 0 Å². The Labute approximate surface area is 134 Å². The molecule has 4 heteroatoms. The molecule has 0 saturated heterocycles. The summed E-state index contributed by atoms with van der Waals surface area (Å²) in [6.07, 6.45) is 0. The van der Waals surface area contributed by atoms with Gasteiger partial charge in [0, 0.05) is 36.5 Å². The Morgan fingerprint density at radius 1 is 0.905 bits per heavy atom. The maximum Gasteiger partial charge on any atom is 0.0744 e. The van der Waals surface area contributed by atoms with Crippen LogP contribution >= 0.6 is 15.9 Å². The summed E-state index contributed by atoms with van der Waals surface area (Å²) in [5.41, 5.74) is 4.64. The fourth-order valence-electron chi connectivity index (χ4n) is 2.13. The summed E-state index contributed by atoms with van der Waals surface area (Å²) < 4.78 is 11.4. The average Bonchev–Trinajstić information content (AvgIpc) is 2.50. The Morgan fingerprint density at radius 2 is 1.57 bits per heavy atom. The Morgan fingerprint density at radius 3 is 2.24 bits per heavy atom. The highest BCUT2D eigenvalue weighted by Gasteiger charge is 2.06. The van der Waals surface area contributed by atoms with Gasteiger partial charge in [0.2, 0.25) is 0 Å². The molecule has 0 radical (unpaired) electrons. The summed E-state index contributed by atoms with van der Waals surface area (Å²) in [6.45, 7) is 2.01. The first kappa shape index (κ1) is 16.0. The van der Waals surface area contributed by atoms with Gasteiger partial charge in [0.25, 0.3) is 0 Å². The highest BCUT2D eigenvalue weighted by Crippen LogP contribution is 2.26. The van der Waals surface area contributed by atoms with Gasteiger partial charge >= 0.3 is 0 Å². The van der Waals surface area contributed by atoms with Gasteiger partial charge < -0.3 is 14.8 Å². The van der Waals surface area contributed by atoms with Gasteiger partial charge in [-0.1, -0.05) is 46.3 Å². The van der Waals surface area contributed by atoms with E-state index in [0.29, 0.717) is 13.2 Å². The zero-order valence-corrected chi connectivity index (χ0v) is 13.9. The molecule has 0 unspecified atom stereocenters. The van der Waals surface area contributed by atoms with E-state index >= 15 is 0 Å². The molecule has 3 nitrogen and oxygen atoms in total. The maximum atomic E-state index is 5.26. The van der Waals surface area contributed by atoms with Crippen LogP contribution in [0.4, 0.5) is 5.69 Å². The standard InChI is InChI=1S/C17H20BrNO2/c1-20-11-14-8-6-13(7-9-14)10-19-17-5-3-4-16(18)15(17)12-21-2/h3-9,19H,10-12H2,1-2H3. The summed E-state index contributed by atoms with van der Waals surface area (Å²) >= 11 is 3.57. The quantitative estimate of drug-likeness (QED) is 0.805. The summed E-state index contributed by atoms with van der Waals surface area (Å²) in [6, 6.07) is 14.5. The number of halogens is 1. The van der Waals surface area contributed by atoms with Crippen molar-refractivity contribution in [3.63, 3.8) is 0 Å². The Balaban J connectivity index is 2.04. The molecule has 0 heterocycles. The second-order valence-electron chi connectivity index (χ2n) is 4.80. The molecule has 0 saturated carbocycles. The van der Waals surface area contributed by atoms with E-state index in [1.807, 2.05) is 12.1 Å². The Hall–Kier alpha value is -1.36. The van der Waals surface area contributed by atoms with Crippen molar-refractivity contribution in [2.45, 2.75) is 19.8 Å². The molecule has 21 heavy (non-hydrogen) atoms.